The fourth-order valence-electron chi connectivity index (χ4n) is 1.82. The lowest BCUT2D eigenvalue weighted by atomic mass is 10.2. The van der Waals surface area contributed by atoms with E-state index in [-0.39, 0.29) is 17.0 Å². The van der Waals surface area contributed by atoms with Crippen molar-refractivity contribution < 1.29 is 34.8 Å². The van der Waals surface area contributed by atoms with Crippen LogP contribution >= 0.6 is 22.9 Å². The Hall–Kier alpha value is -0.700. The first-order chi connectivity index (χ1) is 8.70. The topological polar surface area (TPSA) is 67.1 Å². The molecule has 2 rings (SSSR count). The molecule has 0 bridgehead atoms. The van der Waals surface area contributed by atoms with Gasteiger partial charge in [0.2, 0.25) is 0 Å². The minimum Gasteiger partial charge on any atom is -1.00 e. The highest BCUT2D eigenvalue weighted by atomic mass is 79.9. The maximum atomic E-state index is 12.1. The molecule has 0 radical (unpaired) electrons. The van der Waals surface area contributed by atoms with Crippen LogP contribution in [0.5, 0.6) is 0 Å². The Bertz CT molecular complexity index is 787. The predicted octanol–water partition coefficient (Wildman–Crippen LogP) is -1.02. The lowest BCUT2D eigenvalue weighted by Gasteiger charge is -2.01. The third-order valence-electron chi connectivity index (χ3n) is 2.60. The number of amides is 1. The molecule has 110 valence electrons. The zero-order valence-corrected chi connectivity index (χ0v) is 14.9. The van der Waals surface area contributed by atoms with Gasteiger partial charge in [-0.05, 0) is 19.1 Å². The third-order valence-corrected chi connectivity index (χ3v) is 4.58. The Morgan fingerprint density at radius 2 is 1.95 bits per heavy atom. The van der Waals surface area contributed by atoms with Crippen molar-refractivity contribution in [3.63, 3.8) is 0 Å². The number of sulfonamides is 1. The summed E-state index contributed by atoms with van der Waals surface area (Å²) in [6.07, 6.45) is 0.940. The maximum absolute atomic E-state index is 12.1. The molecule has 20 heavy (non-hydrogen) atoms. The van der Waals surface area contributed by atoms with Crippen LogP contribution in [-0.2, 0) is 10.0 Å². The first-order valence-electron chi connectivity index (χ1n) is 5.33. The minimum atomic E-state index is -3.61. The summed E-state index contributed by atoms with van der Waals surface area (Å²) < 4.78 is 26.5. The average molecular weight is 400 g/mol. The van der Waals surface area contributed by atoms with Gasteiger partial charge < -0.3 is 17.0 Å². The molecule has 0 fully saturated rings. The number of rotatable bonds is 1. The van der Waals surface area contributed by atoms with Crippen LogP contribution in [0.3, 0.4) is 0 Å². The highest BCUT2D eigenvalue weighted by Gasteiger charge is 2.27. The molecule has 0 spiro atoms. The van der Waals surface area contributed by atoms with Crippen molar-refractivity contribution in [2.45, 2.75) is 13.8 Å². The molecule has 9 heteroatoms. The van der Waals surface area contributed by atoms with Gasteiger partial charge in [0.15, 0.2) is 10.5 Å². The van der Waals surface area contributed by atoms with Crippen molar-refractivity contribution >= 4 is 49.2 Å². The van der Waals surface area contributed by atoms with Gasteiger partial charge in [-0.25, -0.2) is 0 Å². The molecule has 1 aromatic heterocycles. The number of carbonyl (C=O) groups excluding carboxylic acids is 1. The molecule has 0 aliphatic rings. The van der Waals surface area contributed by atoms with Crippen LogP contribution < -0.4 is 26.3 Å². The Labute approximate surface area is 136 Å². The van der Waals surface area contributed by atoms with Crippen molar-refractivity contribution in [2.24, 2.45) is 0 Å². The lowest BCUT2D eigenvalue weighted by Crippen LogP contribution is -3.00. The molecule has 1 aromatic carbocycles. The number of nitrogens with one attached hydrogen (secondary N) is 1. The molecule has 0 unspecified atom stereocenters. The van der Waals surface area contributed by atoms with Gasteiger partial charge >= 0.3 is 6.03 Å². The summed E-state index contributed by atoms with van der Waals surface area (Å²) in [7, 11) is -3.61. The number of thiazole rings is 1. The van der Waals surface area contributed by atoms with E-state index in [1.165, 1.54) is 15.9 Å². The van der Waals surface area contributed by atoms with Crippen molar-refractivity contribution in [3.8, 4) is 0 Å². The van der Waals surface area contributed by atoms with E-state index in [9.17, 15) is 13.2 Å². The Morgan fingerprint density at radius 3 is 2.50 bits per heavy atom. The van der Waals surface area contributed by atoms with Crippen LogP contribution in [0.25, 0.3) is 10.2 Å². The second kappa shape index (κ2) is 5.97. The van der Waals surface area contributed by atoms with Gasteiger partial charge in [0.05, 0.1) is 11.0 Å². The average Bonchev–Trinajstić information content (AvgIpc) is 2.58. The maximum Gasteiger partial charge on any atom is 0.512 e. The number of fused-ring (bicyclic) bond motifs is 1. The van der Waals surface area contributed by atoms with Crippen LogP contribution in [-0.4, -0.2) is 20.7 Å². The van der Waals surface area contributed by atoms with Crippen LogP contribution in [0.1, 0.15) is 10.6 Å². The summed E-state index contributed by atoms with van der Waals surface area (Å²) in [6, 6.07) is 2.87. The standard InChI is InChI=1S/C11H11ClN2O3S2.BrH/c1-6-8(12)4-5-9-10(6)14(7(2)18-9)11(15)13-19(3,16)17;/h4-5H,1-3H3;1H. The number of benzene rings is 1. The van der Waals surface area contributed by atoms with Gasteiger partial charge in [-0.3, -0.25) is 0 Å². The van der Waals surface area contributed by atoms with E-state index in [0.29, 0.717) is 15.5 Å². The second-order valence-corrected chi connectivity index (χ2v) is 7.55. The molecule has 0 saturated carbocycles. The molecular weight excluding hydrogens is 388 g/mol. The number of aryl methyl sites for hydroxylation is 2. The van der Waals surface area contributed by atoms with E-state index in [0.717, 1.165) is 16.5 Å². The molecule has 0 aliphatic carbocycles. The third kappa shape index (κ3) is 3.30. The van der Waals surface area contributed by atoms with Gasteiger partial charge in [0.25, 0.3) is 10.0 Å². The summed E-state index contributed by atoms with van der Waals surface area (Å²) in [6.45, 7) is 3.54. The van der Waals surface area contributed by atoms with E-state index in [2.05, 4.69) is 0 Å². The number of halogens is 2. The molecular formula is C11H12BrClN2O3S2. The molecule has 0 atom stereocenters. The second-order valence-electron chi connectivity index (χ2n) is 4.15. The molecule has 1 N–H and O–H groups in total. The first kappa shape index (κ1) is 17.4. The number of aromatic nitrogens is 1. The minimum absolute atomic E-state index is 0. The molecule has 0 aliphatic heterocycles. The molecule has 2 aromatic rings. The molecule has 1 heterocycles. The van der Waals surface area contributed by atoms with Gasteiger partial charge in [-0.15, -0.1) is 9.29 Å². The van der Waals surface area contributed by atoms with E-state index in [1.807, 2.05) is 10.8 Å². The predicted molar refractivity (Wildman–Crippen MR) is 75.3 cm³/mol. The summed E-state index contributed by atoms with van der Waals surface area (Å²) in [5.74, 6) is 0. The number of carbonyl (C=O) groups is 1. The zero-order valence-electron chi connectivity index (χ0n) is 10.9. The van der Waals surface area contributed by atoms with Gasteiger partial charge in [0.1, 0.15) is 0 Å². The van der Waals surface area contributed by atoms with Gasteiger partial charge in [0, 0.05) is 17.5 Å². The summed E-state index contributed by atoms with van der Waals surface area (Å²) >= 11 is 7.45. The van der Waals surface area contributed by atoms with Crippen molar-refractivity contribution in [2.75, 3.05) is 6.26 Å². The number of nitrogens with zero attached hydrogens (tertiary/aromatic N) is 1. The Kier molecular flexibility index (Phi) is 5.18. The fraction of sp³-hybridized carbons (Fsp3) is 0.273. The Balaban J connectivity index is 0.00000200. The van der Waals surface area contributed by atoms with Gasteiger partial charge in [-0.1, -0.05) is 22.9 Å². The Morgan fingerprint density at radius 1 is 1.35 bits per heavy atom. The fourth-order valence-corrected chi connectivity index (χ4v) is 3.44. The van der Waals surface area contributed by atoms with Crippen LogP contribution in [0.4, 0.5) is 4.79 Å². The summed E-state index contributed by atoms with van der Waals surface area (Å²) in [5, 5.41) is 1.22. The highest BCUT2D eigenvalue weighted by molar-refractivity contribution is 7.89. The molecule has 5 nitrogen and oxygen atoms in total. The van der Waals surface area contributed by atoms with E-state index >= 15 is 0 Å². The van der Waals surface area contributed by atoms with E-state index < -0.39 is 16.1 Å². The van der Waals surface area contributed by atoms with Crippen molar-refractivity contribution in [1.29, 1.82) is 0 Å². The normalized spacial score (nSPS) is 11.2. The summed E-state index contributed by atoms with van der Waals surface area (Å²) in [4.78, 5) is 12.1. The molecule has 0 saturated heterocycles. The van der Waals surface area contributed by atoms with Crippen molar-refractivity contribution in [1.82, 2.24) is 4.72 Å². The highest BCUT2D eigenvalue weighted by Crippen LogP contribution is 2.27. The summed E-state index contributed by atoms with van der Waals surface area (Å²) in [5.41, 5.74) is 1.38. The largest absolute Gasteiger partial charge is 1.00 e. The van der Waals surface area contributed by atoms with Crippen LogP contribution in [0.2, 0.25) is 5.02 Å². The first-order valence-corrected chi connectivity index (χ1v) is 8.41. The monoisotopic (exact) mass is 398 g/mol. The van der Waals surface area contributed by atoms with Crippen molar-refractivity contribution in [3.05, 3.63) is 27.7 Å². The zero-order chi connectivity index (χ0) is 14.4. The lowest BCUT2D eigenvalue weighted by molar-refractivity contribution is -0.544. The van der Waals surface area contributed by atoms with Crippen LogP contribution in [0, 0.1) is 13.8 Å². The smallest absolute Gasteiger partial charge is 0.512 e. The van der Waals surface area contributed by atoms with Crippen LogP contribution in [0.15, 0.2) is 12.1 Å². The van der Waals surface area contributed by atoms with E-state index in [1.54, 1.807) is 19.9 Å². The van der Waals surface area contributed by atoms with E-state index in [4.69, 9.17) is 11.6 Å². The molecule has 1 amide bonds. The number of hydrogen-bond acceptors (Lipinski definition) is 4. The number of hydrogen-bond donors (Lipinski definition) is 1. The quantitative estimate of drug-likeness (QED) is 0.624. The van der Waals surface area contributed by atoms with Gasteiger partial charge in [-0.2, -0.15) is 13.2 Å². The SMILES string of the molecule is Cc1c(Cl)ccc2sc(C)[n+](C(=O)NS(C)(=O)=O)c12.[Br-].